The SMILES string of the molecule is CN(C(=S)Oc1ccc2nc(-c3ccccc3)c(-c3ccccc3)nc2c1)c1ccc2ccccc2c1. The van der Waals surface area contributed by atoms with E-state index in [0.717, 1.165) is 44.6 Å². The minimum atomic E-state index is 0.353. The zero-order chi connectivity index (χ0) is 25.2. The number of rotatable bonds is 4. The van der Waals surface area contributed by atoms with Gasteiger partial charge in [-0.15, -0.1) is 0 Å². The van der Waals surface area contributed by atoms with Crippen molar-refractivity contribution < 1.29 is 4.74 Å². The Bertz CT molecular complexity index is 1740. The molecule has 6 rings (SSSR count). The molecule has 0 spiro atoms. The van der Waals surface area contributed by atoms with Gasteiger partial charge in [0.15, 0.2) is 0 Å². The average molecular weight is 498 g/mol. The Hall–Kier alpha value is -4.61. The summed E-state index contributed by atoms with van der Waals surface area (Å²) in [5, 5.41) is 2.69. The summed E-state index contributed by atoms with van der Waals surface area (Å²) in [6, 6.07) is 40.5. The largest absolute Gasteiger partial charge is 0.431 e. The van der Waals surface area contributed by atoms with Crippen LogP contribution in [0, 0.1) is 0 Å². The van der Waals surface area contributed by atoms with Crippen molar-refractivity contribution in [3.8, 4) is 28.3 Å². The molecule has 1 aromatic heterocycles. The fourth-order valence-corrected chi connectivity index (χ4v) is 4.55. The fraction of sp³-hybridized carbons (Fsp3) is 0.0312. The Morgan fingerprint density at radius 3 is 1.89 bits per heavy atom. The van der Waals surface area contributed by atoms with Gasteiger partial charge in [0.25, 0.3) is 5.17 Å². The van der Waals surface area contributed by atoms with Crippen LogP contribution in [0.25, 0.3) is 44.3 Å². The normalized spacial score (nSPS) is 10.9. The molecule has 178 valence electrons. The molecular weight excluding hydrogens is 474 g/mol. The maximum absolute atomic E-state index is 6.10. The van der Waals surface area contributed by atoms with Crippen LogP contribution in [0.5, 0.6) is 5.75 Å². The monoisotopic (exact) mass is 497 g/mol. The molecule has 0 N–H and O–H groups in total. The van der Waals surface area contributed by atoms with Crippen molar-refractivity contribution in [2.24, 2.45) is 0 Å². The molecule has 0 bridgehead atoms. The van der Waals surface area contributed by atoms with E-state index in [0.29, 0.717) is 10.9 Å². The summed E-state index contributed by atoms with van der Waals surface area (Å²) < 4.78 is 6.10. The van der Waals surface area contributed by atoms with Crippen LogP contribution in [-0.4, -0.2) is 22.2 Å². The standard InChI is InChI=1S/C32H23N3OS/c1-35(26-17-16-22-10-8-9-15-25(22)20-26)32(37)36-27-18-19-28-29(21-27)34-31(24-13-6-3-7-14-24)30(33-28)23-11-4-2-5-12-23/h2-21H,1H3. The lowest BCUT2D eigenvalue weighted by atomic mass is 10.0. The molecule has 1 heterocycles. The zero-order valence-electron chi connectivity index (χ0n) is 20.2. The van der Waals surface area contributed by atoms with E-state index in [4.69, 9.17) is 26.9 Å². The molecule has 0 saturated carbocycles. The average Bonchev–Trinajstić information content (AvgIpc) is 2.96. The van der Waals surface area contributed by atoms with Crippen LogP contribution < -0.4 is 9.64 Å². The van der Waals surface area contributed by atoms with Gasteiger partial charge in [0.1, 0.15) is 5.75 Å². The number of ether oxygens (including phenoxy) is 1. The first kappa shape index (κ1) is 22.8. The first-order chi connectivity index (χ1) is 18.2. The second kappa shape index (κ2) is 9.80. The Balaban J connectivity index is 1.34. The molecule has 0 amide bonds. The predicted molar refractivity (Wildman–Crippen MR) is 156 cm³/mol. The lowest BCUT2D eigenvalue weighted by Crippen LogP contribution is -2.29. The van der Waals surface area contributed by atoms with E-state index in [1.54, 1.807) is 0 Å². The molecule has 5 heteroatoms. The first-order valence-corrected chi connectivity index (χ1v) is 12.4. The van der Waals surface area contributed by atoms with Gasteiger partial charge in [-0.05, 0) is 47.3 Å². The molecule has 0 fully saturated rings. The van der Waals surface area contributed by atoms with E-state index in [1.165, 1.54) is 5.39 Å². The molecule has 0 aliphatic heterocycles. The number of fused-ring (bicyclic) bond motifs is 2. The number of nitrogens with zero attached hydrogens (tertiary/aromatic N) is 3. The van der Waals surface area contributed by atoms with Crippen LogP contribution in [0.2, 0.25) is 0 Å². The van der Waals surface area contributed by atoms with Gasteiger partial charge in [0.2, 0.25) is 0 Å². The summed E-state index contributed by atoms with van der Waals surface area (Å²) in [6.07, 6.45) is 0. The van der Waals surface area contributed by atoms with Crippen molar-refractivity contribution in [1.29, 1.82) is 0 Å². The van der Waals surface area contributed by atoms with E-state index in [1.807, 2.05) is 84.7 Å². The first-order valence-electron chi connectivity index (χ1n) is 12.0. The molecule has 6 aromatic rings. The van der Waals surface area contributed by atoms with Gasteiger partial charge in [-0.25, -0.2) is 9.97 Å². The van der Waals surface area contributed by atoms with Crippen molar-refractivity contribution in [2.75, 3.05) is 11.9 Å². The Labute approximate surface area is 220 Å². The Morgan fingerprint density at radius 1 is 0.622 bits per heavy atom. The van der Waals surface area contributed by atoms with Crippen molar-refractivity contribution in [3.05, 3.63) is 121 Å². The summed E-state index contributed by atoms with van der Waals surface area (Å²) >= 11 is 5.64. The Morgan fingerprint density at radius 2 is 1.22 bits per heavy atom. The number of aromatic nitrogens is 2. The van der Waals surface area contributed by atoms with Gasteiger partial charge < -0.3 is 9.64 Å². The second-order valence-electron chi connectivity index (χ2n) is 8.76. The maximum atomic E-state index is 6.10. The van der Waals surface area contributed by atoms with Crippen LogP contribution >= 0.6 is 12.2 Å². The summed E-state index contributed by atoms with van der Waals surface area (Å²) in [5.74, 6) is 0.617. The molecular formula is C32H23N3OS. The molecule has 0 saturated heterocycles. The van der Waals surface area contributed by atoms with Gasteiger partial charge in [0, 0.05) is 29.9 Å². The van der Waals surface area contributed by atoms with Crippen molar-refractivity contribution >= 4 is 44.9 Å². The smallest absolute Gasteiger partial charge is 0.269 e. The van der Waals surface area contributed by atoms with Crippen molar-refractivity contribution in [1.82, 2.24) is 9.97 Å². The molecule has 37 heavy (non-hydrogen) atoms. The highest BCUT2D eigenvalue weighted by Crippen LogP contribution is 2.32. The minimum Gasteiger partial charge on any atom is -0.431 e. The number of hydrogen-bond donors (Lipinski definition) is 0. The Kier molecular flexibility index (Phi) is 6.05. The molecule has 0 atom stereocenters. The molecule has 4 nitrogen and oxygen atoms in total. The van der Waals surface area contributed by atoms with Crippen LogP contribution in [0.4, 0.5) is 5.69 Å². The van der Waals surface area contributed by atoms with E-state index in [-0.39, 0.29) is 0 Å². The highest BCUT2D eigenvalue weighted by atomic mass is 32.1. The van der Waals surface area contributed by atoms with Gasteiger partial charge in [-0.3, -0.25) is 0 Å². The van der Waals surface area contributed by atoms with Crippen LogP contribution in [0.1, 0.15) is 0 Å². The molecule has 0 aliphatic carbocycles. The molecule has 0 radical (unpaired) electrons. The molecule has 0 unspecified atom stereocenters. The lowest BCUT2D eigenvalue weighted by Gasteiger charge is -2.20. The molecule has 0 aliphatic rings. The van der Waals surface area contributed by atoms with Crippen LogP contribution in [0.3, 0.4) is 0 Å². The summed E-state index contributed by atoms with van der Waals surface area (Å²) in [5.41, 5.74) is 6.20. The minimum absolute atomic E-state index is 0.353. The zero-order valence-corrected chi connectivity index (χ0v) is 21.0. The summed E-state index contributed by atoms with van der Waals surface area (Å²) in [7, 11) is 1.91. The van der Waals surface area contributed by atoms with Gasteiger partial charge in [0.05, 0.1) is 22.4 Å². The fourth-order valence-electron chi connectivity index (χ4n) is 4.35. The van der Waals surface area contributed by atoms with E-state index in [2.05, 4.69) is 48.5 Å². The quantitative estimate of drug-likeness (QED) is 0.231. The third kappa shape index (κ3) is 4.65. The van der Waals surface area contributed by atoms with Crippen LogP contribution in [-0.2, 0) is 0 Å². The van der Waals surface area contributed by atoms with Crippen molar-refractivity contribution in [3.63, 3.8) is 0 Å². The topological polar surface area (TPSA) is 38.2 Å². The number of hydrogen-bond acceptors (Lipinski definition) is 4. The number of anilines is 1. The van der Waals surface area contributed by atoms with E-state index < -0.39 is 0 Å². The predicted octanol–water partition coefficient (Wildman–Crippen LogP) is 7.92. The van der Waals surface area contributed by atoms with E-state index >= 15 is 0 Å². The van der Waals surface area contributed by atoms with Gasteiger partial charge in [-0.1, -0.05) is 91.0 Å². The highest BCUT2D eigenvalue weighted by molar-refractivity contribution is 7.80. The highest BCUT2D eigenvalue weighted by Gasteiger charge is 2.15. The lowest BCUT2D eigenvalue weighted by molar-refractivity contribution is 0.553. The second-order valence-corrected chi connectivity index (χ2v) is 9.11. The third-order valence-electron chi connectivity index (χ3n) is 6.33. The summed E-state index contributed by atoms with van der Waals surface area (Å²) in [6.45, 7) is 0. The van der Waals surface area contributed by atoms with Crippen molar-refractivity contribution in [2.45, 2.75) is 0 Å². The van der Waals surface area contributed by atoms with Gasteiger partial charge in [-0.2, -0.15) is 0 Å². The van der Waals surface area contributed by atoms with E-state index in [9.17, 15) is 0 Å². The molecule has 5 aromatic carbocycles. The summed E-state index contributed by atoms with van der Waals surface area (Å²) in [4.78, 5) is 11.9. The van der Waals surface area contributed by atoms with Crippen LogP contribution in [0.15, 0.2) is 121 Å². The van der Waals surface area contributed by atoms with Gasteiger partial charge >= 0.3 is 0 Å². The maximum Gasteiger partial charge on any atom is 0.269 e. The number of thiocarbonyl (C=S) groups is 1. The number of benzene rings is 5. The third-order valence-corrected chi connectivity index (χ3v) is 6.69.